The van der Waals surface area contributed by atoms with E-state index in [1.165, 1.54) is 25.7 Å². The summed E-state index contributed by atoms with van der Waals surface area (Å²) in [5.74, 6) is 0.872. The van der Waals surface area contributed by atoms with E-state index < -0.39 is 0 Å². The molecule has 1 rings (SSSR count). The van der Waals surface area contributed by atoms with Crippen LogP contribution in [0.25, 0.3) is 0 Å². The lowest BCUT2D eigenvalue weighted by Crippen LogP contribution is -2.43. The topological polar surface area (TPSA) is 29.3 Å². The number of nitrogens with two attached hydrogens (primary N) is 1. The molecule has 1 saturated carbocycles. The zero-order valence-electron chi connectivity index (χ0n) is 9.34. The Balaban J connectivity index is 2.56. The second-order valence-corrected chi connectivity index (χ2v) is 5.14. The van der Waals surface area contributed by atoms with Gasteiger partial charge in [0.25, 0.3) is 0 Å². The van der Waals surface area contributed by atoms with E-state index in [1.807, 2.05) is 0 Å². The van der Waals surface area contributed by atoms with Gasteiger partial charge in [0.1, 0.15) is 0 Å². The third-order valence-electron chi connectivity index (χ3n) is 3.27. The normalized spacial score (nSPS) is 35.3. The smallest absolute Gasteiger partial charge is 0.00441 e. The van der Waals surface area contributed by atoms with Gasteiger partial charge in [0.2, 0.25) is 0 Å². The van der Waals surface area contributed by atoms with Gasteiger partial charge in [-0.2, -0.15) is 0 Å². The van der Waals surface area contributed by atoms with Crippen molar-refractivity contribution >= 4 is 0 Å². The van der Waals surface area contributed by atoms with Crippen LogP contribution >= 0.6 is 0 Å². The molecule has 13 heavy (non-hydrogen) atoms. The molecule has 0 aromatic heterocycles. The van der Waals surface area contributed by atoms with Crippen molar-refractivity contribution in [1.29, 1.82) is 0 Å². The first-order valence-corrected chi connectivity index (χ1v) is 5.43. The van der Waals surface area contributed by atoms with Crippen LogP contribution in [0.2, 0.25) is 0 Å². The molecule has 2 N–H and O–H groups in total. The zero-order valence-corrected chi connectivity index (χ0v) is 9.34. The van der Waals surface area contributed by atoms with Crippen LogP contribution in [0.15, 0.2) is 0 Å². The van der Waals surface area contributed by atoms with E-state index in [2.05, 4.69) is 25.9 Å². The second-order valence-electron chi connectivity index (χ2n) is 5.14. The van der Waals surface area contributed by atoms with E-state index in [4.69, 9.17) is 5.73 Å². The Hall–Kier alpha value is -0.0800. The lowest BCUT2D eigenvalue weighted by Gasteiger charge is -2.41. The summed E-state index contributed by atoms with van der Waals surface area (Å²) in [6, 6.07) is 0. The van der Waals surface area contributed by atoms with Crippen LogP contribution < -0.4 is 5.73 Å². The molecule has 0 aromatic carbocycles. The van der Waals surface area contributed by atoms with E-state index in [0.717, 1.165) is 19.0 Å². The van der Waals surface area contributed by atoms with Gasteiger partial charge in [0.05, 0.1) is 0 Å². The molecule has 0 aromatic rings. The first kappa shape index (κ1) is 11.0. The quantitative estimate of drug-likeness (QED) is 0.723. The molecule has 0 aliphatic heterocycles. The number of rotatable bonds is 3. The number of nitrogens with zero attached hydrogens (tertiary/aromatic N) is 1. The van der Waals surface area contributed by atoms with Gasteiger partial charge in [-0.15, -0.1) is 0 Å². The first-order valence-electron chi connectivity index (χ1n) is 5.43. The summed E-state index contributed by atoms with van der Waals surface area (Å²) in [6.07, 6.45) is 5.41. The van der Waals surface area contributed by atoms with Gasteiger partial charge < -0.3 is 10.6 Å². The van der Waals surface area contributed by atoms with Gasteiger partial charge in [0.15, 0.2) is 0 Å². The summed E-state index contributed by atoms with van der Waals surface area (Å²) < 4.78 is 0. The van der Waals surface area contributed by atoms with E-state index in [0.29, 0.717) is 5.41 Å². The van der Waals surface area contributed by atoms with Gasteiger partial charge in [-0.25, -0.2) is 0 Å². The average molecular weight is 184 g/mol. The van der Waals surface area contributed by atoms with E-state index in [1.54, 1.807) is 0 Å². The molecule has 2 heteroatoms. The zero-order chi connectivity index (χ0) is 9.90. The Morgan fingerprint density at radius 1 is 1.46 bits per heavy atom. The van der Waals surface area contributed by atoms with Crippen LogP contribution in [-0.2, 0) is 0 Å². The fourth-order valence-electron chi connectivity index (χ4n) is 2.83. The third kappa shape index (κ3) is 2.96. The SMILES string of the molecule is CC1CCCC(CN)(CN(C)C)C1. The fraction of sp³-hybridized carbons (Fsp3) is 1.00. The molecule has 0 radical (unpaired) electrons. The Morgan fingerprint density at radius 2 is 2.15 bits per heavy atom. The number of hydrogen-bond acceptors (Lipinski definition) is 2. The summed E-state index contributed by atoms with van der Waals surface area (Å²) in [7, 11) is 4.30. The Kier molecular flexibility index (Phi) is 3.74. The van der Waals surface area contributed by atoms with Gasteiger partial charge in [-0.1, -0.05) is 19.8 Å². The molecule has 2 nitrogen and oxygen atoms in total. The molecular weight excluding hydrogens is 160 g/mol. The molecule has 78 valence electrons. The van der Waals surface area contributed by atoms with Gasteiger partial charge in [-0.05, 0) is 44.8 Å². The van der Waals surface area contributed by atoms with Crippen LogP contribution in [0.1, 0.15) is 32.6 Å². The molecule has 2 unspecified atom stereocenters. The first-order chi connectivity index (χ1) is 6.08. The molecular formula is C11H24N2. The molecule has 0 bridgehead atoms. The van der Waals surface area contributed by atoms with E-state index >= 15 is 0 Å². The lowest BCUT2D eigenvalue weighted by molar-refractivity contribution is 0.112. The van der Waals surface area contributed by atoms with E-state index in [-0.39, 0.29) is 0 Å². The number of hydrogen-bond donors (Lipinski definition) is 1. The van der Waals surface area contributed by atoms with Crippen molar-refractivity contribution in [2.24, 2.45) is 17.1 Å². The molecule has 0 heterocycles. The van der Waals surface area contributed by atoms with Crippen molar-refractivity contribution in [2.45, 2.75) is 32.6 Å². The molecule has 1 fully saturated rings. The monoisotopic (exact) mass is 184 g/mol. The van der Waals surface area contributed by atoms with Crippen LogP contribution in [0.5, 0.6) is 0 Å². The van der Waals surface area contributed by atoms with Crippen molar-refractivity contribution < 1.29 is 0 Å². The van der Waals surface area contributed by atoms with Crippen LogP contribution in [0, 0.1) is 11.3 Å². The Labute approximate surface area is 82.5 Å². The largest absolute Gasteiger partial charge is 0.330 e. The highest BCUT2D eigenvalue weighted by molar-refractivity contribution is 4.87. The van der Waals surface area contributed by atoms with Crippen molar-refractivity contribution in [3.05, 3.63) is 0 Å². The van der Waals surface area contributed by atoms with Crippen LogP contribution in [0.4, 0.5) is 0 Å². The molecule has 2 atom stereocenters. The van der Waals surface area contributed by atoms with Crippen LogP contribution in [0.3, 0.4) is 0 Å². The molecule has 1 aliphatic carbocycles. The Morgan fingerprint density at radius 3 is 2.62 bits per heavy atom. The minimum absolute atomic E-state index is 0.418. The maximum atomic E-state index is 5.92. The summed E-state index contributed by atoms with van der Waals surface area (Å²) in [5.41, 5.74) is 6.34. The van der Waals surface area contributed by atoms with Crippen LogP contribution in [-0.4, -0.2) is 32.1 Å². The van der Waals surface area contributed by atoms with Gasteiger partial charge in [-0.3, -0.25) is 0 Å². The third-order valence-corrected chi connectivity index (χ3v) is 3.27. The predicted octanol–water partition coefficient (Wildman–Crippen LogP) is 1.70. The van der Waals surface area contributed by atoms with Crippen molar-refractivity contribution in [3.8, 4) is 0 Å². The van der Waals surface area contributed by atoms with Crippen molar-refractivity contribution in [1.82, 2.24) is 4.90 Å². The van der Waals surface area contributed by atoms with Crippen molar-refractivity contribution in [2.75, 3.05) is 27.2 Å². The second kappa shape index (κ2) is 4.43. The highest BCUT2D eigenvalue weighted by atomic mass is 15.1. The standard InChI is InChI=1S/C11H24N2/c1-10-5-4-6-11(7-10,8-12)9-13(2)3/h10H,4-9,12H2,1-3H3. The molecule has 0 amide bonds. The lowest BCUT2D eigenvalue weighted by atomic mass is 9.70. The maximum absolute atomic E-state index is 5.92. The predicted molar refractivity (Wildman–Crippen MR) is 57.7 cm³/mol. The van der Waals surface area contributed by atoms with Gasteiger partial charge in [0, 0.05) is 6.54 Å². The molecule has 1 aliphatic rings. The Bertz CT molecular complexity index is 152. The highest BCUT2D eigenvalue weighted by Crippen LogP contribution is 2.38. The summed E-state index contributed by atoms with van der Waals surface area (Å²) in [6.45, 7) is 4.38. The maximum Gasteiger partial charge on any atom is 0.00441 e. The summed E-state index contributed by atoms with van der Waals surface area (Å²) in [4.78, 5) is 2.28. The van der Waals surface area contributed by atoms with Gasteiger partial charge >= 0.3 is 0 Å². The minimum Gasteiger partial charge on any atom is -0.330 e. The average Bonchev–Trinajstić information content (AvgIpc) is 2.03. The fourth-order valence-corrected chi connectivity index (χ4v) is 2.83. The van der Waals surface area contributed by atoms with Crippen molar-refractivity contribution in [3.63, 3.8) is 0 Å². The molecule has 0 saturated heterocycles. The summed E-state index contributed by atoms with van der Waals surface area (Å²) in [5, 5.41) is 0. The minimum atomic E-state index is 0.418. The summed E-state index contributed by atoms with van der Waals surface area (Å²) >= 11 is 0. The molecule has 0 spiro atoms. The highest BCUT2D eigenvalue weighted by Gasteiger charge is 2.33. The van der Waals surface area contributed by atoms with E-state index in [9.17, 15) is 0 Å².